The van der Waals surface area contributed by atoms with Crippen molar-refractivity contribution in [3.63, 3.8) is 0 Å². The van der Waals surface area contributed by atoms with Crippen LogP contribution in [0.25, 0.3) is 0 Å². The lowest BCUT2D eigenvalue weighted by Gasteiger charge is -2.11. The molecule has 1 atom stereocenters. The second kappa shape index (κ2) is 5.43. The Morgan fingerprint density at radius 3 is 2.67 bits per heavy atom. The van der Waals surface area contributed by atoms with Gasteiger partial charge in [0.1, 0.15) is 0 Å². The highest BCUT2D eigenvalue weighted by atomic mass is 16.6. The minimum absolute atomic E-state index is 0.0852. The molecule has 1 aromatic carbocycles. The average molecular weight is 209 g/mol. The van der Waals surface area contributed by atoms with Crippen LogP contribution in [-0.2, 0) is 0 Å². The van der Waals surface area contributed by atoms with Gasteiger partial charge in [-0.2, -0.15) is 0 Å². The van der Waals surface area contributed by atoms with Crippen LogP contribution in [-0.4, -0.2) is 11.5 Å². The van der Waals surface area contributed by atoms with E-state index in [1.807, 2.05) is 0 Å². The molecule has 1 aromatic rings. The standard InChI is InChI=1S/C10H15N3O2/c11-7-3-5-9(12)8-4-1-2-6-10(8)13(14)15/h1-2,4,6,9H,3,5,7,11-12H2/t9-/m0/s1. The molecule has 82 valence electrons. The van der Waals surface area contributed by atoms with Crippen molar-refractivity contribution in [2.45, 2.75) is 18.9 Å². The van der Waals surface area contributed by atoms with Gasteiger partial charge in [0.15, 0.2) is 0 Å². The predicted octanol–water partition coefficient (Wildman–Crippen LogP) is 1.33. The molecular formula is C10H15N3O2. The molecule has 0 radical (unpaired) electrons. The summed E-state index contributed by atoms with van der Waals surface area (Å²) in [6, 6.07) is 6.24. The largest absolute Gasteiger partial charge is 0.330 e. The summed E-state index contributed by atoms with van der Waals surface area (Å²) < 4.78 is 0. The highest BCUT2D eigenvalue weighted by Gasteiger charge is 2.17. The summed E-state index contributed by atoms with van der Waals surface area (Å²) in [6.45, 7) is 0.550. The number of para-hydroxylation sites is 1. The molecule has 0 amide bonds. The number of benzene rings is 1. The Morgan fingerprint density at radius 2 is 2.07 bits per heavy atom. The zero-order chi connectivity index (χ0) is 11.3. The molecule has 0 fully saturated rings. The molecule has 0 aliphatic rings. The maximum atomic E-state index is 10.7. The van der Waals surface area contributed by atoms with Crippen molar-refractivity contribution in [1.29, 1.82) is 0 Å². The van der Waals surface area contributed by atoms with Gasteiger partial charge < -0.3 is 11.5 Å². The normalized spacial score (nSPS) is 12.4. The third-order valence-electron chi connectivity index (χ3n) is 2.25. The second-order valence-electron chi connectivity index (χ2n) is 3.35. The summed E-state index contributed by atoms with van der Waals surface area (Å²) in [5.74, 6) is 0. The van der Waals surface area contributed by atoms with Gasteiger partial charge in [0, 0.05) is 17.7 Å². The first-order valence-corrected chi connectivity index (χ1v) is 4.85. The number of nitrogens with zero attached hydrogens (tertiary/aromatic N) is 1. The van der Waals surface area contributed by atoms with Crippen LogP contribution in [0.5, 0.6) is 0 Å². The fraction of sp³-hybridized carbons (Fsp3) is 0.400. The van der Waals surface area contributed by atoms with Gasteiger partial charge in [0.05, 0.1) is 4.92 Å². The maximum absolute atomic E-state index is 10.7. The number of nitrogens with two attached hydrogens (primary N) is 2. The highest BCUT2D eigenvalue weighted by molar-refractivity contribution is 5.41. The minimum Gasteiger partial charge on any atom is -0.330 e. The third kappa shape index (κ3) is 3.00. The van der Waals surface area contributed by atoms with Crippen molar-refractivity contribution in [3.05, 3.63) is 39.9 Å². The quantitative estimate of drug-likeness (QED) is 0.565. The summed E-state index contributed by atoms with van der Waals surface area (Å²) in [4.78, 5) is 10.3. The molecule has 1 rings (SSSR count). The third-order valence-corrected chi connectivity index (χ3v) is 2.25. The topological polar surface area (TPSA) is 95.2 Å². The van der Waals surface area contributed by atoms with Crippen molar-refractivity contribution in [2.24, 2.45) is 11.5 Å². The van der Waals surface area contributed by atoms with E-state index in [2.05, 4.69) is 0 Å². The van der Waals surface area contributed by atoms with Crippen molar-refractivity contribution < 1.29 is 4.92 Å². The van der Waals surface area contributed by atoms with Crippen LogP contribution in [0.2, 0.25) is 0 Å². The van der Waals surface area contributed by atoms with Crippen LogP contribution in [0.15, 0.2) is 24.3 Å². The summed E-state index contributed by atoms with van der Waals surface area (Å²) in [7, 11) is 0. The fourth-order valence-electron chi connectivity index (χ4n) is 1.46. The van der Waals surface area contributed by atoms with E-state index in [9.17, 15) is 10.1 Å². The smallest absolute Gasteiger partial charge is 0.274 e. The van der Waals surface area contributed by atoms with E-state index in [1.54, 1.807) is 18.2 Å². The van der Waals surface area contributed by atoms with Gasteiger partial charge >= 0.3 is 0 Å². The van der Waals surface area contributed by atoms with Gasteiger partial charge in [-0.25, -0.2) is 0 Å². The van der Waals surface area contributed by atoms with Gasteiger partial charge in [0.25, 0.3) is 5.69 Å². The van der Waals surface area contributed by atoms with Crippen molar-refractivity contribution in [3.8, 4) is 0 Å². The fourth-order valence-corrected chi connectivity index (χ4v) is 1.46. The maximum Gasteiger partial charge on any atom is 0.274 e. The van der Waals surface area contributed by atoms with Crippen LogP contribution >= 0.6 is 0 Å². The molecular weight excluding hydrogens is 194 g/mol. The minimum atomic E-state index is -0.405. The van der Waals surface area contributed by atoms with E-state index in [0.717, 1.165) is 6.42 Å². The van der Waals surface area contributed by atoms with Gasteiger partial charge in [0.2, 0.25) is 0 Å². The molecule has 0 unspecified atom stereocenters. The monoisotopic (exact) mass is 209 g/mol. The Labute approximate surface area is 88.2 Å². The number of hydrogen-bond acceptors (Lipinski definition) is 4. The first-order chi connectivity index (χ1) is 7.16. The SMILES string of the molecule is NCCC[C@H](N)c1ccccc1[N+](=O)[O-]. The van der Waals surface area contributed by atoms with E-state index in [0.29, 0.717) is 18.5 Å². The van der Waals surface area contributed by atoms with Crippen molar-refractivity contribution in [2.75, 3.05) is 6.54 Å². The van der Waals surface area contributed by atoms with Crippen LogP contribution in [0.4, 0.5) is 5.69 Å². The Balaban J connectivity index is 2.87. The zero-order valence-corrected chi connectivity index (χ0v) is 8.43. The van der Waals surface area contributed by atoms with Crippen molar-refractivity contribution in [1.82, 2.24) is 0 Å². The summed E-state index contributed by atoms with van der Waals surface area (Å²) in [5.41, 5.74) is 11.9. The molecule has 5 nitrogen and oxygen atoms in total. The molecule has 0 aliphatic carbocycles. The lowest BCUT2D eigenvalue weighted by molar-refractivity contribution is -0.385. The number of nitro groups is 1. The van der Waals surface area contributed by atoms with Gasteiger partial charge in [-0.1, -0.05) is 18.2 Å². The summed E-state index contributed by atoms with van der Waals surface area (Å²) >= 11 is 0. The zero-order valence-electron chi connectivity index (χ0n) is 8.43. The Hall–Kier alpha value is -1.46. The molecule has 0 bridgehead atoms. The van der Waals surface area contributed by atoms with E-state index < -0.39 is 4.92 Å². The van der Waals surface area contributed by atoms with Crippen LogP contribution < -0.4 is 11.5 Å². The van der Waals surface area contributed by atoms with Gasteiger partial charge in [-0.3, -0.25) is 10.1 Å². The lowest BCUT2D eigenvalue weighted by Crippen LogP contribution is -2.14. The Morgan fingerprint density at radius 1 is 1.40 bits per heavy atom. The number of nitro benzene ring substituents is 1. The van der Waals surface area contributed by atoms with E-state index in [-0.39, 0.29) is 11.7 Å². The Bertz CT molecular complexity index is 341. The molecule has 4 N–H and O–H groups in total. The van der Waals surface area contributed by atoms with Crippen LogP contribution in [0, 0.1) is 10.1 Å². The van der Waals surface area contributed by atoms with Gasteiger partial charge in [-0.05, 0) is 19.4 Å². The predicted molar refractivity (Wildman–Crippen MR) is 58.3 cm³/mol. The Kier molecular flexibility index (Phi) is 4.20. The molecule has 0 heterocycles. The molecule has 0 aliphatic heterocycles. The molecule has 0 aromatic heterocycles. The first-order valence-electron chi connectivity index (χ1n) is 4.85. The second-order valence-corrected chi connectivity index (χ2v) is 3.35. The number of hydrogen-bond donors (Lipinski definition) is 2. The molecule has 0 saturated carbocycles. The van der Waals surface area contributed by atoms with Gasteiger partial charge in [-0.15, -0.1) is 0 Å². The van der Waals surface area contributed by atoms with E-state index in [1.165, 1.54) is 6.07 Å². The van der Waals surface area contributed by atoms with E-state index in [4.69, 9.17) is 11.5 Å². The molecule has 0 spiro atoms. The molecule has 5 heteroatoms. The molecule has 15 heavy (non-hydrogen) atoms. The summed E-state index contributed by atoms with van der Waals surface area (Å²) in [6.07, 6.45) is 1.44. The number of rotatable bonds is 5. The van der Waals surface area contributed by atoms with Crippen LogP contribution in [0.1, 0.15) is 24.4 Å². The average Bonchev–Trinajstić information content (AvgIpc) is 2.25. The highest BCUT2D eigenvalue weighted by Crippen LogP contribution is 2.25. The lowest BCUT2D eigenvalue weighted by atomic mass is 10.0. The van der Waals surface area contributed by atoms with Crippen LogP contribution in [0.3, 0.4) is 0 Å². The molecule has 0 saturated heterocycles. The van der Waals surface area contributed by atoms with E-state index >= 15 is 0 Å². The first kappa shape index (κ1) is 11.6. The summed E-state index contributed by atoms with van der Waals surface area (Å²) in [5, 5.41) is 10.7. The van der Waals surface area contributed by atoms with Crippen molar-refractivity contribution >= 4 is 5.69 Å².